The fourth-order valence-electron chi connectivity index (χ4n) is 3.41. The van der Waals surface area contributed by atoms with E-state index < -0.39 is 18.1 Å². The van der Waals surface area contributed by atoms with Crippen LogP contribution in [0.15, 0.2) is 24.3 Å². The van der Waals surface area contributed by atoms with Gasteiger partial charge in [-0.1, -0.05) is 0 Å². The van der Waals surface area contributed by atoms with Crippen molar-refractivity contribution in [1.29, 1.82) is 0 Å². The van der Waals surface area contributed by atoms with Gasteiger partial charge in [0.1, 0.15) is 12.4 Å². The number of benzene rings is 1. The van der Waals surface area contributed by atoms with E-state index in [2.05, 4.69) is 10.4 Å². The number of hydrogen-bond acceptors (Lipinski definition) is 4. The SMILES string of the molecule is Cc1nn(C)c(C)c1[C@@H](NC(=O)c1ccc(OC[C@@H]2CCCO2)cc1)C(F)(F)F. The number of ether oxygens (including phenoxy) is 2. The molecule has 0 radical (unpaired) electrons. The van der Waals surface area contributed by atoms with Crippen molar-refractivity contribution in [3.63, 3.8) is 0 Å². The molecule has 29 heavy (non-hydrogen) atoms. The summed E-state index contributed by atoms with van der Waals surface area (Å²) >= 11 is 0. The number of amides is 1. The molecule has 6 nitrogen and oxygen atoms in total. The number of alkyl halides is 3. The van der Waals surface area contributed by atoms with Crippen molar-refractivity contribution < 1.29 is 27.4 Å². The maximum absolute atomic E-state index is 13.7. The molecule has 1 aromatic carbocycles. The van der Waals surface area contributed by atoms with Crippen molar-refractivity contribution in [2.24, 2.45) is 7.05 Å². The normalized spacial score (nSPS) is 17.9. The standard InChI is InChI=1S/C20H24F3N3O3/c1-12-17(13(2)26(3)25-12)18(20(21,22)23)24-19(27)14-6-8-15(9-7-14)29-11-16-5-4-10-28-16/h6-9,16,18H,4-5,10-11H2,1-3H3,(H,24,27)/t16-,18+/m0/s1. The molecule has 1 saturated heterocycles. The van der Waals surface area contributed by atoms with Crippen LogP contribution in [-0.4, -0.2) is 41.2 Å². The first-order chi connectivity index (χ1) is 13.7. The molecule has 0 aliphatic carbocycles. The molecule has 1 aliphatic rings. The maximum atomic E-state index is 13.7. The largest absolute Gasteiger partial charge is 0.491 e. The highest BCUT2D eigenvalue weighted by atomic mass is 19.4. The molecular formula is C20H24F3N3O3. The van der Waals surface area contributed by atoms with Gasteiger partial charge < -0.3 is 14.8 Å². The van der Waals surface area contributed by atoms with Gasteiger partial charge in [-0.25, -0.2) is 0 Å². The van der Waals surface area contributed by atoms with E-state index in [-0.39, 0.29) is 22.9 Å². The summed E-state index contributed by atoms with van der Waals surface area (Å²) in [4.78, 5) is 12.5. The predicted octanol–water partition coefficient (Wildman–Crippen LogP) is 3.63. The van der Waals surface area contributed by atoms with Gasteiger partial charge in [0.15, 0.2) is 6.04 Å². The second kappa shape index (κ2) is 8.44. The molecule has 1 fully saturated rings. The van der Waals surface area contributed by atoms with Crippen LogP contribution in [0.5, 0.6) is 5.75 Å². The quantitative estimate of drug-likeness (QED) is 0.789. The zero-order valence-corrected chi connectivity index (χ0v) is 16.5. The Kier molecular flexibility index (Phi) is 6.16. The van der Waals surface area contributed by atoms with Crippen LogP contribution in [0.3, 0.4) is 0 Å². The highest BCUT2D eigenvalue weighted by molar-refractivity contribution is 5.94. The molecule has 3 rings (SSSR count). The number of aromatic nitrogens is 2. The van der Waals surface area contributed by atoms with E-state index >= 15 is 0 Å². The van der Waals surface area contributed by atoms with E-state index in [1.807, 2.05) is 0 Å². The lowest BCUT2D eigenvalue weighted by Gasteiger charge is -2.22. The van der Waals surface area contributed by atoms with Crippen LogP contribution in [0, 0.1) is 13.8 Å². The molecule has 0 unspecified atom stereocenters. The maximum Gasteiger partial charge on any atom is 0.413 e. The molecular weight excluding hydrogens is 387 g/mol. The molecule has 1 aromatic heterocycles. The average molecular weight is 411 g/mol. The molecule has 2 heterocycles. The Labute approximate surface area is 167 Å². The third kappa shape index (κ3) is 4.90. The zero-order chi connectivity index (χ0) is 21.2. The van der Waals surface area contributed by atoms with Gasteiger partial charge in [0.25, 0.3) is 5.91 Å². The lowest BCUT2D eigenvalue weighted by atomic mass is 10.0. The monoisotopic (exact) mass is 411 g/mol. The Morgan fingerprint density at radius 2 is 2.03 bits per heavy atom. The highest BCUT2D eigenvalue weighted by Crippen LogP contribution is 2.36. The first-order valence-corrected chi connectivity index (χ1v) is 9.39. The predicted molar refractivity (Wildman–Crippen MR) is 99.9 cm³/mol. The van der Waals surface area contributed by atoms with Crippen molar-refractivity contribution >= 4 is 5.91 Å². The fourth-order valence-corrected chi connectivity index (χ4v) is 3.41. The van der Waals surface area contributed by atoms with Gasteiger partial charge in [0.05, 0.1) is 11.8 Å². The highest BCUT2D eigenvalue weighted by Gasteiger charge is 2.44. The summed E-state index contributed by atoms with van der Waals surface area (Å²) in [7, 11) is 1.57. The molecule has 1 amide bonds. The summed E-state index contributed by atoms with van der Waals surface area (Å²) in [5.41, 5.74) is 0.654. The number of aryl methyl sites for hydroxylation is 2. The minimum atomic E-state index is -4.65. The number of halogens is 3. The molecule has 1 aliphatic heterocycles. The van der Waals surface area contributed by atoms with E-state index in [0.717, 1.165) is 19.4 Å². The molecule has 1 N–H and O–H groups in total. The molecule has 0 bridgehead atoms. The van der Waals surface area contributed by atoms with Crippen LogP contribution >= 0.6 is 0 Å². The van der Waals surface area contributed by atoms with Crippen molar-refractivity contribution in [3.05, 3.63) is 46.8 Å². The minimum Gasteiger partial charge on any atom is -0.491 e. The topological polar surface area (TPSA) is 65.4 Å². The summed E-state index contributed by atoms with van der Waals surface area (Å²) in [6.45, 7) is 4.17. The number of rotatable bonds is 6. The second-order valence-corrected chi connectivity index (χ2v) is 7.13. The van der Waals surface area contributed by atoms with Crippen molar-refractivity contribution in [2.75, 3.05) is 13.2 Å². The van der Waals surface area contributed by atoms with Crippen LogP contribution in [0.1, 0.15) is 46.2 Å². The van der Waals surface area contributed by atoms with Crippen LogP contribution < -0.4 is 10.1 Å². The Morgan fingerprint density at radius 1 is 1.34 bits per heavy atom. The lowest BCUT2D eigenvalue weighted by molar-refractivity contribution is -0.155. The molecule has 0 spiro atoms. The van der Waals surface area contributed by atoms with Gasteiger partial charge >= 0.3 is 6.18 Å². The number of nitrogens with zero attached hydrogens (tertiary/aromatic N) is 2. The third-order valence-corrected chi connectivity index (χ3v) is 5.03. The van der Waals surface area contributed by atoms with Crippen molar-refractivity contribution in [3.8, 4) is 5.75 Å². The van der Waals surface area contributed by atoms with E-state index in [1.54, 1.807) is 26.1 Å². The van der Waals surface area contributed by atoms with E-state index in [9.17, 15) is 18.0 Å². The second-order valence-electron chi connectivity index (χ2n) is 7.13. The average Bonchev–Trinajstić information content (AvgIpc) is 3.26. The summed E-state index contributed by atoms with van der Waals surface area (Å²) < 4.78 is 53.5. The van der Waals surface area contributed by atoms with Gasteiger partial charge in [-0.3, -0.25) is 9.48 Å². The van der Waals surface area contributed by atoms with Crippen molar-refractivity contribution in [2.45, 2.75) is 45.0 Å². The van der Waals surface area contributed by atoms with Gasteiger partial charge in [-0.15, -0.1) is 0 Å². The molecule has 0 saturated carbocycles. The summed E-state index contributed by atoms with van der Waals surface area (Å²) in [6.07, 6.45) is -2.66. The number of carbonyl (C=O) groups excluding carboxylic acids is 1. The molecule has 2 aromatic rings. The summed E-state index contributed by atoms with van der Waals surface area (Å²) in [6, 6.07) is 3.87. The Morgan fingerprint density at radius 3 is 2.55 bits per heavy atom. The summed E-state index contributed by atoms with van der Waals surface area (Å²) in [5, 5.41) is 6.13. The Bertz CT molecular complexity index is 856. The Balaban J connectivity index is 1.71. The number of nitrogens with one attached hydrogen (secondary N) is 1. The van der Waals surface area contributed by atoms with Crippen LogP contribution in [0.25, 0.3) is 0 Å². The van der Waals surface area contributed by atoms with E-state index in [4.69, 9.17) is 9.47 Å². The van der Waals surface area contributed by atoms with Gasteiger partial charge in [-0.2, -0.15) is 18.3 Å². The lowest BCUT2D eigenvalue weighted by Crippen LogP contribution is -2.38. The fraction of sp³-hybridized carbons (Fsp3) is 0.500. The van der Waals surface area contributed by atoms with Gasteiger partial charge in [0.2, 0.25) is 0 Å². The minimum absolute atomic E-state index is 0.0372. The smallest absolute Gasteiger partial charge is 0.413 e. The third-order valence-electron chi connectivity index (χ3n) is 5.03. The molecule has 158 valence electrons. The first-order valence-electron chi connectivity index (χ1n) is 9.39. The van der Waals surface area contributed by atoms with Crippen LogP contribution in [0.4, 0.5) is 13.2 Å². The number of carbonyl (C=O) groups is 1. The summed E-state index contributed by atoms with van der Waals surface area (Å²) in [5.74, 6) is -0.288. The Hall–Kier alpha value is -2.55. The molecule has 9 heteroatoms. The first kappa shape index (κ1) is 21.2. The van der Waals surface area contributed by atoms with Gasteiger partial charge in [-0.05, 0) is 51.0 Å². The van der Waals surface area contributed by atoms with Crippen molar-refractivity contribution in [1.82, 2.24) is 15.1 Å². The van der Waals surface area contributed by atoms with Crippen LogP contribution in [0.2, 0.25) is 0 Å². The zero-order valence-electron chi connectivity index (χ0n) is 16.5. The molecule has 2 atom stereocenters. The van der Waals surface area contributed by atoms with Gasteiger partial charge in [0, 0.05) is 30.5 Å². The van der Waals surface area contributed by atoms with E-state index in [1.165, 1.54) is 23.7 Å². The number of hydrogen-bond donors (Lipinski definition) is 1. The van der Waals surface area contributed by atoms with E-state index in [0.29, 0.717) is 18.1 Å². The van der Waals surface area contributed by atoms with Crippen LogP contribution in [-0.2, 0) is 11.8 Å².